The third-order valence-electron chi connectivity index (χ3n) is 2.96. The summed E-state index contributed by atoms with van der Waals surface area (Å²) in [5.74, 6) is -0.0444. The van der Waals surface area contributed by atoms with Gasteiger partial charge in [0.1, 0.15) is 0 Å². The highest BCUT2D eigenvalue weighted by Gasteiger charge is 2.29. The first-order chi connectivity index (χ1) is 9.76. The fourth-order valence-electron chi connectivity index (χ4n) is 2.15. The molecule has 0 fully saturated rings. The maximum Gasteiger partial charge on any atom is 0.221 e. The van der Waals surface area contributed by atoms with Crippen LogP contribution in [-0.2, 0) is 14.3 Å². The fraction of sp³-hybridized carbons (Fsp3) is 0.882. The Kier molecular flexibility index (Phi) is 7.55. The molecule has 130 valence electrons. The molecule has 0 saturated heterocycles. The Balaban J connectivity index is 4.62. The van der Waals surface area contributed by atoms with Gasteiger partial charge in [0.05, 0.1) is 12.1 Å². The van der Waals surface area contributed by atoms with Gasteiger partial charge in [-0.25, -0.2) is 0 Å². The van der Waals surface area contributed by atoms with Gasteiger partial charge in [-0.1, -0.05) is 41.5 Å². The van der Waals surface area contributed by atoms with E-state index in [2.05, 4.69) is 10.6 Å². The number of carbonyl (C=O) groups excluding carboxylic acids is 2. The summed E-state index contributed by atoms with van der Waals surface area (Å²) in [5.41, 5.74) is -0.741. The van der Waals surface area contributed by atoms with Crippen LogP contribution in [0.25, 0.3) is 0 Å². The van der Waals surface area contributed by atoms with Gasteiger partial charge >= 0.3 is 0 Å². The van der Waals surface area contributed by atoms with E-state index in [0.717, 1.165) is 0 Å². The Morgan fingerprint density at radius 1 is 0.864 bits per heavy atom. The van der Waals surface area contributed by atoms with Crippen molar-refractivity contribution in [2.75, 3.05) is 20.3 Å². The van der Waals surface area contributed by atoms with Gasteiger partial charge in [0.15, 0.2) is 0 Å². The van der Waals surface area contributed by atoms with Gasteiger partial charge in [-0.05, 0) is 17.8 Å². The minimum Gasteiger partial charge on any atom is -0.382 e. The summed E-state index contributed by atoms with van der Waals surface area (Å²) in [6.07, 6.45) is 0.883. The number of hydrogen-bond donors (Lipinski definition) is 2. The SMILES string of the molecule is COCC(C)(CNC(=O)CC(C)(C)C)NC(=O)CC(C)(C)C. The highest BCUT2D eigenvalue weighted by atomic mass is 16.5. The van der Waals surface area contributed by atoms with E-state index >= 15 is 0 Å². The van der Waals surface area contributed by atoms with Crippen molar-refractivity contribution in [1.82, 2.24) is 10.6 Å². The van der Waals surface area contributed by atoms with Crippen molar-refractivity contribution in [3.8, 4) is 0 Å². The quantitative estimate of drug-likeness (QED) is 0.758. The largest absolute Gasteiger partial charge is 0.382 e. The van der Waals surface area contributed by atoms with E-state index in [4.69, 9.17) is 4.74 Å². The van der Waals surface area contributed by atoms with Crippen LogP contribution in [0.4, 0.5) is 0 Å². The van der Waals surface area contributed by atoms with Gasteiger partial charge in [0, 0.05) is 26.5 Å². The molecule has 0 radical (unpaired) electrons. The summed E-state index contributed by atoms with van der Waals surface area (Å²) in [6, 6.07) is 0. The van der Waals surface area contributed by atoms with Gasteiger partial charge in [-0.2, -0.15) is 0 Å². The predicted octanol–water partition coefficient (Wildman–Crippen LogP) is 2.50. The molecule has 0 spiro atoms. The van der Waals surface area contributed by atoms with Gasteiger partial charge in [-0.15, -0.1) is 0 Å². The molecular weight excluding hydrogens is 280 g/mol. The zero-order valence-corrected chi connectivity index (χ0v) is 15.6. The van der Waals surface area contributed by atoms with E-state index in [1.165, 1.54) is 0 Å². The molecule has 0 aliphatic heterocycles. The van der Waals surface area contributed by atoms with Crippen LogP contribution in [0.3, 0.4) is 0 Å². The second-order valence-corrected chi connectivity index (χ2v) is 8.79. The number of methoxy groups -OCH3 is 1. The molecule has 5 heteroatoms. The highest BCUT2D eigenvalue weighted by Crippen LogP contribution is 2.19. The molecule has 0 aliphatic carbocycles. The highest BCUT2D eigenvalue weighted by molar-refractivity contribution is 5.78. The standard InChI is InChI=1S/C17H34N2O3/c1-15(2,3)9-13(20)18-11-17(7,12-22-8)19-14(21)10-16(4,5)6/h9-12H2,1-8H3,(H,18,20)(H,19,21). The van der Waals surface area contributed by atoms with Crippen LogP contribution in [0.15, 0.2) is 0 Å². The Labute approximate surface area is 135 Å². The zero-order chi connectivity index (χ0) is 17.6. The van der Waals surface area contributed by atoms with E-state index in [9.17, 15) is 9.59 Å². The number of rotatable bonds is 7. The van der Waals surface area contributed by atoms with E-state index < -0.39 is 5.54 Å². The Morgan fingerprint density at radius 2 is 1.32 bits per heavy atom. The molecule has 0 bridgehead atoms. The zero-order valence-electron chi connectivity index (χ0n) is 15.6. The van der Waals surface area contributed by atoms with Crippen molar-refractivity contribution in [1.29, 1.82) is 0 Å². The van der Waals surface area contributed by atoms with Crippen molar-refractivity contribution in [3.05, 3.63) is 0 Å². The van der Waals surface area contributed by atoms with Crippen LogP contribution in [0.2, 0.25) is 0 Å². The summed E-state index contributed by atoms with van der Waals surface area (Å²) >= 11 is 0. The summed E-state index contributed by atoms with van der Waals surface area (Å²) in [5, 5.41) is 5.89. The van der Waals surface area contributed by atoms with Crippen LogP contribution in [0.1, 0.15) is 61.3 Å². The van der Waals surface area contributed by atoms with Gasteiger partial charge in [0.25, 0.3) is 0 Å². The number of amides is 2. The lowest BCUT2D eigenvalue weighted by Crippen LogP contribution is -2.57. The molecule has 0 saturated carbocycles. The molecule has 22 heavy (non-hydrogen) atoms. The van der Waals surface area contributed by atoms with Crippen molar-refractivity contribution in [2.45, 2.75) is 66.8 Å². The first kappa shape index (κ1) is 20.9. The van der Waals surface area contributed by atoms with Crippen LogP contribution in [0, 0.1) is 10.8 Å². The monoisotopic (exact) mass is 314 g/mol. The molecule has 2 N–H and O–H groups in total. The van der Waals surface area contributed by atoms with Crippen LogP contribution < -0.4 is 10.6 Å². The Bertz CT molecular complexity index is 380. The number of carbonyl (C=O) groups is 2. The second kappa shape index (κ2) is 7.95. The minimum absolute atomic E-state index is 0.0140. The molecule has 1 atom stereocenters. The van der Waals surface area contributed by atoms with E-state index in [-0.39, 0.29) is 22.6 Å². The van der Waals surface area contributed by atoms with Gasteiger partial charge in [0.2, 0.25) is 11.8 Å². The lowest BCUT2D eigenvalue weighted by Gasteiger charge is -2.32. The molecule has 2 amide bonds. The normalized spacial score (nSPS) is 15.1. The number of nitrogens with one attached hydrogen (secondary N) is 2. The van der Waals surface area contributed by atoms with Crippen molar-refractivity contribution in [2.24, 2.45) is 10.8 Å². The lowest BCUT2D eigenvalue weighted by atomic mass is 9.90. The Hall–Kier alpha value is -1.10. The topological polar surface area (TPSA) is 67.4 Å². The van der Waals surface area contributed by atoms with Crippen LogP contribution >= 0.6 is 0 Å². The summed E-state index contributed by atoms with van der Waals surface area (Å²) in [6.45, 7) is 14.7. The third kappa shape index (κ3) is 10.6. The molecular formula is C17H34N2O3. The fourth-order valence-corrected chi connectivity index (χ4v) is 2.15. The number of hydrogen-bond acceptors (Lipinski definition) is 3. The Morgan fingerprint density at radius 3 is 1.73 bits per heavy atom. The molecule has 0 aromatic carbocycles. The summed E-state index contributed by atoms with van der Waals surface area (Å²) < 4.78 is 5.21. The maximum absolute atomic E-state index is 12.1. The lowest BCUT2D eigenvalue weighted by molar-refractivity contribution is -0.127. The van der Waals surface area contributed by atoms with Crippen molar-refractivity contribution >= 4 is 11.8 Å². The van der Waals surface area contributed by atoms with Crippen LogP contribution in [0.5, 0.6) is 0 Å². The predicted molar refractivity (Wildman–Crippen MR) is 89.6 cm³/mol. The number of ether oxygens (including phenoxy) is 1. The van der Waals surface area contributed by atoms with Crippen molar-refractivity contribution in [3.63, 3.8) is 0 Å². The minimum atomic E-state index is -0.607. The summed E-state index contributed by atoms with van der Waals surface area (Å²) in [4.78, 5) is 24.1. The molecule has 0 rings (SSSR count). The first-order valence-corrected chi connectivity index (χ1v) is 7.83. The molecule has 5 nitrogen and oxygen atoms in total. The average Bonchev–Trinajstić information content (AvgIpc) is 2.21. The second-order valence-electron chi connectivity index (χ2n) is 8.79. The molecule has 0 aliphatic rings. The molecule has 1 unspecified atom stereocenters. The molecule has 0 aromatic heterocycles. The van der Waals surface area contributed by atoms with Crippen molar-refractivity contribution < 1.29 is 14.3 Å². The third-order valence-corrected chi connectivity index (χ3v) is 2.96. The first-order valence-electron chi connectivity index (χ1n) is 7.83. The molecule has 0 heterocycles. The van der Waals surface area contributed by atoms with E-state index in [0.29, 0.717) is 26.0 Å². The van der Waals surface area contributed by atoms with E-state index in [1.807, 2.05) is 48.5 Å². The van der Waals surface area contributed by atoms with E-state index in [1.54, 1.807) is 7.11 Å². The van der Waals surface area contributed by atoms with Gasteiger partial charge in [-0.3, -0.25) is 9.59 Å². The van der Waals surface area contributed by atoms with Gasteiger partial charge < -0.3 is 15.4 Å². The van der Waals surface area contributed by atoms with Crippen LogP contribution in [-0.4, -0.2) is 37.6 Å². The smallest absolute Gasteiger partial charge is 0.221 e. The molecule has 0 aromatic rings. The summed E-state index contributed by atoms with van der Waals surface area (Å²) in [7, 11) is 1.59. The average molecular weight is 314 g/mol. The maximum atomic E-state index is 12.1.